The summed E-state index contributed by atoms with van der Waals surface area (Å²) in [5.41, 5.74) is 1.51. The maximum atomic E-state index is 12.2. The van der Waals surface area contributed by atoms with Crippen molar-refractivity contribution in [2.75, 3.05) is 5.32 Å². The van der Waals surface area contributed by atoms with Gasteiger partial charge in [0.2, 0.25) is 5.12 Å². The number of aromatic nitrogens is 1. The van der Waals surface area contributed by atoms with Gasteiger partial charge in [0.15, 0.2) is 0 Å². The van der Waals surface area contributed by atoms with Crippen molar-refractivity contribution in [3.05, 3.63) is 71.9 Å². The van der Waals surface area contributed by atoms with Crippen molar-refractivity contribution in [1.82, 2.24) is 4.98 Å². The number of hydrogen-bond acceptors (Lipinski definition) is 3. The van der Waals surface area contributed by atoms with Gasteiger partial charge in [-0.15, -0.1) is 19.2 Å². The minimum Gasteiger partial charge on any atom is -0.306 e. The van der Waals surface area contributed by atoms with Crippen molar-refractivity contribution in [3.63, 3.8) is 0 Å². The van der Waals surface area contributed by atoms with Crippen molar-refractivity contribution >= 4 is 29.5 Å². The topological polar surface area (TPSA) is 59.1 Å². The van der Waals surface area contributed by atoms with E-state index in [4.69, 9.17) is 0 Å². The highest BCUT2D eigenvalue weighted by Crippen LogP contribution is 2.21. The van der Waals surface area contributed by atoms with Gasteiger partial charge in [-0.05, 0) is 30.2 Å². The molecule has 0 radical (unpaired) electrons. The molecule has 0 unspecified atom stereocenters. The highest BCUT2D eigenvalue weighted by molar-refractivity contribution is 7.97. The summed E-state index contributed by atoms with van der Waals surface area (Å²) in [6.07, 6.45) is 3.72. The zero-order chi connectivity index (χ0) is 15.2. The molecule has 21 heavy (non-hydrogen) atoms. The van der Waals surface area contributed by atoms with Crippen LogP contribution in [0.2, 0.25) is 0 Å². The number of carbonyl (C=O) groups excluding carboxylic acids is 2. The minimum absolute atomic E-state index is 0.211. The summed E-state index contributed by atoms with van der Waals surface area (Å²) in [5.74, 6) is -0.113. The van der Waals surface area contributed by atoms with Gasteiger partial charge in [-0.2, -0.15) is 0 Å². The fourth-order valence-electron chi connectivity index (χ4n) is 1.93. The molecule has 2 rings (SSSR count). The number of pyridine rings is 1. The molecule has 0 fully saturated rings. The molecule has 0 saturated carbocycles. The molecular formula is C16H14N2O2S. The van der Waals surface area contributed by atoms with Crippen molar-refractivity contribution in [2.45, 2.75) is 6.42 Å². The van der Waals surface area contributed by atoms with E-state index in [0.29, 0.717) is 17.5 Å². The van der Waals surface area contributed by atoms with Gasteiger partial charge in [-0.25, -0.2) is 4.98 Å². The normalized spacial score (nSPS) is 9.95. The van der Waals surface area contributed by atoms with Crippen LogP contribution in [-0.4, -0.2) is 16.0 Å². The first-order valence-electron chi connectivity index (χ1n) is 6.32. The summed E-state index contributed by atoms with van der Waals surface area (Å²) in [6.45, 7) is 3.65. The highest BCUT2D eigenvalue weighted by Gasteiger charge is 2.16. The molecule has 0 saturated heterocycles. The van der Waals surface area contributed by atoms with Crippen molar-refractivity contribution < 1.29 is 9.59 Å². The van der Waals surface area contributed by atoms with Gasteiger partial charge in [-0.3, -0.25) is 9.59 Å². The van der Waals surface area contributed by atoms with E-state index in [-0.39, 0.29) is 11.7 Å². The Morgan fingerprint density at radius 2 is 1.95 bits per heavy atom. The maximum absolute atomic E-state index is 12.2. The van der Waals surface area contributed by atoms with Gasteiger partial charge in [-0.1, -0.05) is 24.3 Å². The number of carbonyl (C=O) groups is 2. The molecule has 0 aliphatic carbocycles. The predicted octanol–water partition coefficient (Wildman–Crippen LogP) is 3.13. The zero-order valence-corrected chi connectivity index (χ0v) is 12.1. The van der Waals surface area contributed by atoms with Crippen LogP contribution in [0.4, 0.5) is 5.82 Å². The van der Waals surface area contributed by atoms with Gasteiger partial charge in [0.05, 0.1) is 5.56 Å². The van der Waals surface area contributed by atoms with E-state index >= 15 is 0 Å². The molecule has 1 N–H and O–H groups in total. The van der Waals surface area contributed by atoms with Gasteiger partial charge in [0.1, 0.15) is 5.82 Å². The first-order chi connectivity index (χ1) is 10.1. The molecule has 106 valence electrons. The summed E-state index contributed by atoms with van der Waals surface area (Å²) in [5, 5.41) is 2.21. The summed E-state index contributed by atoms with van der Waals surface area (Å²) in [6, 6.07) is 10.4. The Morgan fingerprint density at radius 1 is 1.24 bits per heavy atom. The molecule has 0 spiro atoms. The molecule has 2 aromatic rings. The number of nitrogens with zero attached hydrogens (tertiary/aromatic N) is 1. The second-order valence-corrected chi connectivity index (χ2v) is 4.72. The van der Waals surface area contributed by atoms with E-state index in [1.54, 1.807) is 42.6 Å². The second-order valence-electron chi connectivity index (χ2n) is 4.31. The largest absolute Gasteiger partial charge is 0.306 e. The molecule has 1 aromatic carbocycles. The average molecular weight is 298 g/mol. The Morgan fingerprint density at radius 3 is 2.57 bits per heavy atom. The molecule has 0 aliphatic heterocycles. The molecular weight excluding hydrogens is 284 g/mol. The van der Waals surface area contributed by atoms with Gasteiger partial charge in [0, 0.05) is 11.8 Å². The van der Waals surface area contributed by atoms with Crippen LogP contribution >= 0.6 is 12.6 Å². The Bertz CT molecular complexity index is 684. The van der Waals surface area contributed by atoms with E-state index in [0.717, 1.165) is 5.56 Å². The number of benzene rings is 1. The van der Waals surface area contributed by atoms with E-state index in [1.165, 1.54) is 0 Å². The first-order valence-corrected chi connectivity index (χ1v) is 6.76. The third-order valence-electron chi connectivity index (χ3n) is 2.88. The Hall–Kier alpha value is -2.40. The fraction of sp³-hybridized carbons (Fsp3) is 0.0625. The lowest BCUT2D eigenvalue weighted by Gasteiger charge is -2.11. The SMILES string of the molecule is C=CCc1ccnc(NC(=O)c2ccccc2)c1C(=O)S. The van der Waals surface area contributed by atoms with Gasteiger partial charge in [0.25, 0.3) is 5.91 Å². The van der Waals surface area contributed by atoms with Crippen LogP contribution in [0.1, 0.15) is 26.3 Å². The Balaban J connectivity index is 2.36. The predicted molar refractivity (Wildman–Crippen MR) is 85.8 cm³/mol. The van der Waals surface area contributed by atoms with Crippen LogP contribution in [-0.2, 0) is 6.42 Å². The number of anilines is 1. The third kappa shape index (κ3) is 3.58. The van der Waals surface area contributed by atoms with E-state index in [1.807, 2.05) is 6.07 Å². The lowest BCUT2D eigenvalue weighted by Crippen LogP contribution is -2.16. The van der Waals surface area contributed by atoms with Crippen LogP contribution in [0.25, 0.3) is 0 Å². The number of nitrogens with one attached hydrogen (secondary N) is 1. The van der Waals surface area contributed by atoms with Crippen LogP contribution in [0, 0.1) is 0 Å². The van der Waals surface area contributed by atoms with Crippen LogP contribution in [0.15, 0.2) is 55.3 Å². The summed E-state index contributed by atoms with van der Waals surface area (Å²) in [4.78, 5) is 27.9. The molecule has 0 bridgehead atoms. The highest BCUT2D eigenvalue weighted by atomic mass is 32.1. The zero-order valence-electron chi connectivity index (χ0n) is 11.2. The van der Waals surface area contributed by atoms with E-state index in [2.05, 4.69) is 29.5 Å². The molecule has 4 nitrogen and oxygen atoms in total. The van der Waals surface area contributed by atoms with Crippen LogP contribution in [0.5, 0.6) is 0 Å². The molecule has 0 atom stereocenters. The van der Waals surface area contributed by atoms with Crippen molar-refractivity contribution in [3.8, 4) is 0 Å². The smallest absolute Gasteiger partial charge is 0.256 e. The van der Waals surface area contributed by atoms with E-state index in [9.17, 15) is 9.59 Å². The number of rotatable bonds is 5. The van der Waals surface area contributed by atoms with Gasteiger partial charge >= 0.3 is 0 Å². The van der Waals surface area contributed by atoms with Crippen LogP contribution in [0.3, 0.4) is 0 Å². The second kappa shape index (κ2) is 6.85. The molecule has 5 heteroatoms. The summed E-state index contributed by atoms with van der Waals surface area (Å²) >= 11 is 3.87. The molecule has 1 aromatic heterocycles. The third-order valence-corrected chi connectivity index (χ3v) is 3.11. The van der Waals surface area contributed by atoms with Crippen LogP contribution < -0.4 is 5.32 Å². The monoisotopic (exact) mass is 298 g/mol. The van der Waals surface area contributed by atoms with Gasteiger partial charge < -0.3 is 5.32 Å². The van der Waals surface area contributed by atoms with E-state index < -0.39 is 5.12 Å². The molecule has 1 amide bonds. The number of allylic oxidation sites excluding steroid dienone is 1. The lowest BCUT2D eigenvalue weighted by atomic mass is 10.1. The maximum Gasteiger partial charge on any atom is 0.256 e. The van der Waals surface area contributed by atoms with Crippen molar-refractivity contribution in [2.24, 2.45) is 0 Å². The number of hydrogen-bond donors (Lipinski definition) is 2. The summed E-state index contributed by atoms with van der Waals surface area (Å²) < 4.78 is 0. The van der Waals surface area contributed by atoms with Crippen molar-refractivity contribution in [1.29, 1.82) is 0 Å². The lowest BCUT2D eigenvalue weighted by molar-refractivity contribution is 0.102. The molecule has 0 aliphatic rings. The number of thiol groups is 1. The summed E-state index contributed by atoms with van der Waals surface area (Å²) in [7, 11) is 0. The standard InChI is InChI=1S/C16H14N2O2S/c1-2-6-11-9-10-17-14(13(11)16(20)21)18-15(19)12-7-4-3-5-8-12/h2-5,7-10H,1,6H2,(H,20,21)(H,17,18,19). The molecule has 1 heterocycles. The number of amides is 1. The quantitative estimate of drug-likeness (QED) is 0.658. The Kier molecular flexibility index (Phi) is 4.90. The first kappa shape index (κ1) is 15.0. The fourth-order valence-corrected chi connectivity index (χ4v) is 2.18. The average Bonchev–Trinajstić information content (AvgIpc) is 2.48. The Labute approximate surface area is 128 Å². The minimum atomic E-state index is -0.441.